The van der Waals surface area contributed by atoms with Crippen molar-refractivity contribution >= 4 is 40.1 Å². The minimum absolute atomic E-state index is 0.561. The number of fused-ring (bicyclic) bond motifs is 1. The molecular weight excluding hydrogens is 384 g/mol. The molecular formula is C22H23ClN6. The van der Waals surface area contributed by atoms with Gasteiger partial charge in [0.2, 0.25) is 5.95 Å². The lowest BCUT2D eigenvalue weighted by atomic mass is 10.1. The first kappa shape index (κ1) is 19.2. The molecule has 0 aliphatic carbocycles. The molecule has 0 atom stereocenters. The van der Waals surface area contributed by atoms with Crippen LogP contribution in [0.2, 0.25) is 5.02 Å². The highest BCUT2D eigenvalue weighted by Crippen LogP contribution is 2.29. The predicted molar refractivity (Wildman–Crippen MR) is 119 cm³/mol. The van der Waals surface area contributed by atoms with Gasteiger partial charge in [-0.15, -0.1) is 0 Å². The molecule has 4 rings (SSSR count). The SMILES string of the molecule is CC(C)CCNc1nc(Nc2ccccc2Cl)c2cnn(-c3ccccc3)c2n1. The van der Waals surface area contributed by atoms with Gasteiger partial charge in [0.1, 0.15) is 5.82 Å². The van der Waals surface area contributed by atoms with Gasteiger partial charge in [0.15, 0.2) is 5.65 Å². The van der Waals surface area contributed by atoms with E-state index in [1.807, 2.05) is 59.3 Å². The number of hydrogen-bond donors (Lipinski definition) is 2. The molecule has 29 heavy (non-hydrogen) atoms. The maximum Gasteiger partial charge on any atom is 0.226 e. The number of para-hydroxylation sites is 2. The second kappa shape index (κ2) is 8.49. The Morgan fingerprint density at radius 1 is 1.00 bits per heavy atom. The van der Waals surface area contributed by atoms with E-state index in [9.17, 15) is 0 Å². The highest BCUT2D eigenvalue weighted by molar-refractivity contribution is 6.33. The van der Waals surface area contributed by atoms with E-state index in [-0.39, 0.29) is 0 Å². The summed E-state index contributed by atoms with van der Waals surface area (Å²) in [6, 6.07) is 17.5. The first-order valence-corrected chi connectivity index (χ1v) is 10.1. The van der Waals surface area contributed by atoms with Gasteiger partial charge in [-0.05, 0) is 36.6 Å². The molecule has 0 radical (unpaired) electrons. The van der Waals surface area contributed by atoms with Crippen LogP contribution in [0.1, 0.15) is 20.3 Å². The summed E-state index contributed by atoms with van der Waals surface area (Å²) in [5.41, 5.74) is 2.46. The van der Waals surface area contributed by atoms with Crippen LogP contribution in [0.5, 0.6) is 0 Å². The van der Waals surface area contributed by atoms with Gasteiger partial charge in [0, 0.05) is 6.54 Å². The van der Waals surface area contributed by atoms with Crippen LogP contribution in [-0.2, 0) is 0 Å². The molecule has 7 heteroatoms. The monoisotopic (exact) mass is 406 g/mol. The van der Waals surface area contributed by atoms with Crippen LogP contribution in [0.3, 0.4) is 0 Å². The van der Waals surface area contributed by atoms with E-state index < -0.39 is 0 Å². The zero-order valence-corrected chi connectivity index (χ0v) is 17.2. The Bertz CT molecular complexity index is 1110. The van der Waals surface area contributed by atoms with E-state index in [0.717, 1.165) is 35.4 Å². The maximum absolute atomic E-state index is 6.34. The summed E-state index contributed by atoms with van der Waals surface area (Å²) in [6.45, 7) is 5.19. The van der Waals surface area contributed by atoms with Gasteiger partial charge >= 0.3 is 0 Å². The number of nitrogens with one attached hydrogen (secondary N) is 2. The third kappa shape index (κ3) is 4.32. The summed E-state index contributed by atoms with van der Waals surface area (Å²) in [6.07, 6.45) is 2.81. The van der Waals surface area contributed by atoms with Crippen molar-refractivity contribution in [3.63, 3.8) is 0 Å². The molecule has 2 N–H and O–H groups in total. The molecule has 148 valence electrons. The van der Waals surface area contributed by atoms with Crippen LogP contribution in [0, 0.1) is 5.92 Å². The number of hydrogen-bond acceptors (Lipinski definition) is 5. The largest absolute Gasteiger partial charge is 0.354 e. The first-order valence-electron chi connectivity index (χ1n) is 9.68. The molecule has 0 spiro atoms. The van der Waals surface area contributed by atoms with Crippen molar-refractivity contribution in [3.05, 3.63) is 65.8 Å². The molecule has 0 saturated carbocycles. The summed E-state index contributed by atoms with van der Waals surface area (Å²) in [4.78, 5) is 9.43. The molecule has 0 bridgehead atoms. The average Bonchev–Trinajstić information content (AvgIpc) is 3.14. The Labute approximate surface area is 175 Å². The molecule has 0 unspecified atom stereocenters. The summed E-state index contributed by atoms with van der Waals surface area (Å²) in [5.74, 6) is 1.82. The molecule has 0 amide bonds. The third-order valence-electron chi connectivity index (χ3n) is 4.56. The standard InChI is InChI=1S/C22H23ClN6/c1-15(2)12-13-24-22-27-20(26-19-11-7-6-10-18(19)23)17-14-25-29(21(17)28-22)16-8-4-3-5-9-16/h3-11,14-15H,12-13H2,1-2H3,(H2,24,26,27,28). The molecule has 0 saturated heterocycles. The van der Waals surface area contributed by atoms with E-state index in [4.69, 9.17) is 21.6 Å². The fraction of sp³-hybridized carbons (Fsp3) is 0.227. The lowest BCUT2D eigenvalue weighted by Crippen LogP contribution is -2.10. The van der Waals surface area contributed by atoms with Gasteiger partial charge in [-0.1, -0.05) is 55.8 Å². The minimum Gasteiger partial charge on any atom is -0.354 e. The normalized spacial score (nSPS) is 11.2. The van der Waals surface area contributed by atoms with Gasteiger partial charge in [0.05, 0.1) is 28.0 Å². The molecule has 2 heterocycles. The molecule has 0 fully saturated rings. The summed E-state index contributed by atoms with van der Waals surface area (Å²) in [5, 5.41) is 12.7. The van der Waals surface area contributed by atoms with Crippen LogP contribution in [0.15, 0.2) is 60.8 Å². The van der Waals surface area contributed by atoms with Crippen LogP contribution in [0.4, 0.5) is 17.5 Å². The average molecular weight is 407 g/mol. The van der Waals surface area contributed by atoms with Crippen LogP contribution in [0.25, 0.3) is 16.7 Å². The number of benzene rings is 2. The predicted octanol–water partition coefficient (Wildman–Crippen LogP) is 5.67. The Hall–Kier alpha value is -3.12. The number of rotatable bonds is 7. The van der Waals surface area contributed by atoms with Crippen LogP contribution < -0.4 is 10.6 Å². The van der Waals surface area contributed by atoms with Crippen LogP contribution in [-0.4, -0.2) is 26.3 Å². The fourth-order valence-electron chi connectivity index (χ4n) is 3.00. The molecule has 0 aliphatic heterocycles. The van der Waals surface area contributed by atoms with E-state index in [1.54, 1.807) is 6.20 Å². The molecule has 6 nitrogen and oxygen atoms in total. The van der Waals surface area contributed by atoms with Crippen molar-refractivity contribution < 1.29 is 0 Å². The lowest BCUT2D eigenvalue weighted by Gasteiger charge is -2.12. The Morgan fingerprint density at radius 3 is 2.52 bits per heavy atom. The van der Waals surface area contributed by atoms with Crippen molar-refractivity contribution in [2.75, 3.05) is 17.2 Å². The molecule has 2 aromatic carbocycles. The second-order valence-corrected chi connectivity index (χ2v) is 7.65. The highest BCUT2D eigenvalue weighted by atomic mass is 35.5. The molecule has 0 aliphatic rings. The first-order chi connectivity index (χ1) is 14.1. The molecule has 2 aromatic heterocycles. The topological polar surface area (TPSA) is 67.7 Å². The lowest BCUT2D eigenvalue weighted by molar-refractivity contribution is 0.606. The quantitative estimate of drug-likeness (QED) is 0.413. The van der Waals surface area contributed by atoms with Gasteiger partial charge in [0.25, 0.3) is 0 Å². The molecule has 4 aromatic rings. The summed E-state index contributed by atoms with van der Waals surface area (Å²) < 4.78 is 1.82. The van der Waals surface area contributed by atoms with E-state index in [0.29, 0.717) is 22.7 Å². The van der Waals surface area contributed by atoms with Crippen LogP contribution >= 0.6 is 11.6 Å². The number of nitrogens with zero attached hydrogens (tertiary/aromatic N) is 4. The highest BCUT2D eigenvalue weighted by Gasteiger charge is 2.15. The Kier molecular flexibility index (Phi) is 5.62. The number of anilines is 3. The number of aromatic nitrogens is 4. The zero-order chi connectivity index (χ0) is 20.2. The number of halogens is 1. The van der Waals surface area contributed by atoms with Gasteiger partial charge in [-0.3, -0.25) is 0 Å². The van der Waals surface area contributed by atoms with Crippen molar-refractivity contribution in [1.29, 1.82) is 0 Å². The van der Waals surface area contributed by atoms with E-state index in [1.165, 1.54) is 0 Å². The Balaban J connectivity index is 1.78. The smallest absolute Gasteiger partial charge is 0.226 e. The Morgan fingerprint density at radius 2 is 1.76 bits per heavy atom. The van der Waals surface area contributed by atoms with Crippen molar-refractivity contribution in [3.8, 4) is 5.69 Å². The summed E-state index contributed by atoms with van der Waals surface area (Å²) in [7, 11) is 0. The van der Waals surface area contributed by atoms with Crippen molar-refractivity contribution in [2.45, 2.75) is 20.3 Å². The van der Waals surface area contributed by atoms with Crippen molar-refractivity contribution in [1.82, 2.24) is 19.7 Å². The maximum atomic E-state index is 6.34. The zero-order valence-electron chi connectivity index (χ0n) is 16.4. The summed E-state index contributed by atoms with van der Waals surface area (Å²) >= 11 is 6.34. The van der Waals surface area contributed by atoms with E-state index in [2.05, 4.69) is 29.6 Å². The third-order valence-corrected chi connectivity index (χ3v) is 4.89. The van der Waals surface area contributed by atoms with Gasteiger partial charge < -0.3 is 10.6 Å². The fourth-order valence-corrected chi connectivity index (χ4v) is 3.19. The van der Waals surface area contributed by atoms with Gasteiger partial charge in [-0.2, -0.15) is 15.1 Å². The second-order valence-electron chi connectivity index (χ2n) is 7.24. The minimum atomic E-state index is 0.561. The van der Waals surface area contributed by atoms with Gasteiger partial charge in [-0.25, -0.2) is 4.68 Å². The van der Waals surface area contributed by atoms with E-state index >= 15 is 0 Å². The van der Waals surface area contributed by atoms with Crippen molar-refractivity contribution in [2.24, 2.45) is 5.92 Å².